The minimum absolute atomic E-state index is 0.165. The predicted octanol–water partition coefficient (Wildman–Crippen LogP) is 3.30. The first-order valence-electron chi connectivity index (χ1n) is 3.92. The molecule has 0 amide bonds. The van der Waals surface area contributed by atoms with Gasteiger partial charge in [0.25, 0.3) is 5.92 Å². The first-order chi connectivity index (χ1) is 6.47. The Hall–Kier alpha value is -0.740. The number of rotatable bonds is 3. The van der Waals surface area contributed by atoms with Crippen LogP contribution in [0.25, 0.3) is 0 Å². The van der Waals surface area contributed by atoms with Crippen LogP contribution in [0.15, 0.2) is 41.4 Å². The van der Waals surface area contributed by atoms with Crippen LogP contribution < -0.4 is 0 Å². The SMILES string of the molecule is C=CC(F)(F)C(O)c1ccc(Br)cc1. The number of alkyl halides is 2. The van der Waals surface area contributed by atoms with Crippen LogP contribution in [0.5, 0.6) is 0 Å². The van der Waals surface area contributed by atoms with Crippen LogP contribution in [-0.2, 0) is 0 Å². The van der Waals surface area contributed by atoms with Crippen molar-refractivity contribution in [2.45, 2.75) is 12.0 Å². The quantitative estimate of drug-likeness (QED) is 0.829. The highest BCUT2D eigenvalue weighted by Gasteiger charge is 2.35. The minimum Gasteiger partial charge on any atom is -0.382 e. The molecule has 1 nitrogen and oxygen atoms in total. The molecule has 1 rings (SSSR count). The molecule has 1 aromatic carbocycles. The van der Waals surface area contributed by atoms with Crippen LogP contribution in [-0.4, -0.2) is 11.0 Å². The van der Waals surface area contributed by atoms with Gasteiger partial charge in [0, 0.05) is 4.47 Å². The van der Waals surface area contributed by atoms with Crippen molar-refractivity contribution in [3.63, 3.8) is 0 Å². The van der Waals surface area contributed by atoms with E-state index in [1.165, 1.54) is 12.1 Å². The van der Waals surface area contributed by atoms with E-state index in [1.54, 1.807) is 12.1 Å². The zero-order valence-corrected chi connectivity index (χ0v) is 8.84. The Kier molecular flexibility index (Phi) is 3.39. The molecule has 1 aromatic rings. The average Bonchev–Trinajstić information content (AvgIpc) is 2.18. The Bertz CT molecular complexity index is 321. The topological polar surface area (TPSA) is 20.2 Å². The second kappa shape index (κ2) is 4.19. The van der Waals surface area contributed by atoms with Gasteiger partial charge in [0.15, 0.2) is 0 Å². The lowest BCUT2D eigenvalue weighted by Crippen LogP contribution is -2.23. The molecule has 0 saturated carbocycles. The van der Waals surface area contributed by atoms with Crippen LogP contribution >= 0.6 is 15.9 Å². The molecular formula is C10H9BrF2O. The monoisotopic (exact) mass is 262 g/mol. The number of aliphatic hydroxyl groups is 1. The summed E-state index contributed by atoms with van der Waals surface area (Å²) in [6.45, 7) is 2.98. The van der Waals surface area contributed by atoms with Gasteiger partial charge in [-0.1, -0.05) is 34.6 Å². The van der Waals surface area contributed by atoms with Crippen molar-refractivity contribution in [3.05, 3.63) is 47.0 Å². The van der Waals surface area contributed by atoms with Gasteiger partial charge in [0.2, 0.25) is 0 Å². The lowest BCUT2D eigenvalue weighted by Gasteiger charge is -2.19. The van der Waals surface area contributed by atoms with Gasteiger partial charge in [-0.2, -0.15) is 8.78 Å². The average molecular weight is 263 g/mol. The number of hydrogen-bond acceptors (Lipinski definition) is 1. The van der Waals surface area contributed by atoms with E-state index < -0.39 is 12.0 Å². The third-order valence-electron chi connectivity index (χ3n) is 1.82. The smallest absolute Gasteiger partial charge is 0.295 e. The molecule has 14 heavy (non-hydrogen) atoms. The van der Waals surface area contributed by atoms with E-state index in [0.29, 0.717) is 6.08 Å². The fourth-order valence-electron chi connectivity index (χ4n) is 0.979. The molecule has 0 aliphatic carbocycles. The lowest BCUT2D eigenvalue weighted by molar-refractivity contribution is -0.0712. The van der Waals surface area contributed by atoms with Gasteiger partial charge in [-0.3, -0.25) is 0 Å². The Morgan fingerprint density at radius 2 is 1.86 bits per heavy atom. The molecular weight excluding hydrogens is 254 g/mol. The first-order valence-corrected chi connectivity index (χ1v) is 4.71. The molecule has 0 fully saturated rings. The Balaban J connectivity index is 2.95. The fraction of sp³-hybridized carbons (Fsp3) is 0.200. The zero-order chi connectivity index (χ0) is 10.8. The molecule has 0 heterocycles. The third-order valence-corrected chi connectivity index (χ3v) is 2.35. The molecule has 0 aliphatic heterocycles. The second-order valence-corrected chi connectivity index (χ2v) is 3.75. The van der Waals surface area contributed by atoms with Gasteiger partial charge in [0.05, 0.1) is 0 Å². The molecule has 1 N–H and O–H groups in total. The van der Waals surface area contributed by atoms with E-state index in [2.05, 4.69) is 22.5 Å². The van der Waals surface area contributed by atoms with Crippen LogP contribution in [0, 0.1) is 0 Å². The van der Waals surface area contributed by atoms with E-state index in [9.17, 15) is 13.9 Å². The zero-order valence-electron chi connectivity index (χ0n) is 7.25. The molecule has 1 atom stereocenters. The van der Waals surface area contributed by atoms with E-state index >= 15 is 0 Å². The summed E-state index contributed by atoms with van der Waals surface area (Å²) in [4.78, 5) is 0. The van der Waals surface area contributed by atoms with E-state index in [1.807, 2.05) is 0 Å². The summed E-state index contributed by atoms with van der Waals surface area (Å²) < 4.78 is 26.7. The van der Waals surface area contributed by atoms with Crippen molar-refractivity contribution in [3.8, 4) is 0 Å². The summed E-state index contributed by atoms with van der Waals surface area (Å²) >= 11 is 3.17. The normalized spacial score (nSPS) is 13.7. The van der Waals surface area contributed by atoms with Gasteiger partial charge in [-0.05, 0) is 23.8 Å². The maximum absolute atomic E-state index is 13.0. The molecule has 0 bridgehead atoms. The molecule has 0 saturated heterocycles. The fourth-order valence-corrected chi connectivity index (χ4v) is 1.24. The molecule has 0 aliphatic rings. The number of aliphatic hydroxyl groups excluding tert-OH is 1. The highest BCUT2D eigenvalue weighted by Crippen LogP contribution is 2.32. The van der Waals surface area contributed by atoms with Crippen molar-refractivity contribution >= 4 is 15.9 Å². The van der Waals surface area contributed by atoms with Crippen LogP contribution in [0.2, 0.25) is 0 Å². The third kappa shape index (κ3) is 2.39. The Morgan fingerprint density at radius 1 is 1.36 bits per heavy atom. The van der Waals surface area contributed by atoms with Crippen LogP contribution in [0.4, 0.5) is 8.78 Å². The maximum atomic E-state index is 13.0. The van der Waals surface area contributed by atoms with Gasteiger partial charge in [-0.15, -0.1) is 0 Å². The number of benzene rings is 1. The van der Waals surface area contributed by atoms with Crippen molar-refractivity contribution in [1.29, 1.82) is 0 Å². The molecule has 1 unspecified atom stereocenters. The highest BCUT2D eigenvalue weighted by atomic mass is 79.9. The van der Waals surface area contributed by atoms with Crippen molar-refractivity contribution in [2.24, 2.45) is 0 Å². The molecule has 76 valence electrons. The van der Waals surface area contributed by atoms with Gasteiger partial charge in [-0.25, -0.2) is 0 Å². The molecule has 4 heteroatoms. The molecule has 0 aromatic heterocycles. The summed E-state index contributed by atoms with van der Waals surface area (Å²) in [7, 11) is 0. The minimum atomic E-state index is -3.30. The molecule has 0 spiro atoms. The maximum Gasteiger partial charge on any atom is 0.295 e. The summed E-state index contributed by atoms with van der Waals surface area (Å²) in [6, 6.07) is 6.06. The van der Waals surface area contributed by atoms with Crippen molar-refractivity contribution in [2.75, 3.05) is 0 Å². The van der Waals surface area contributed by atoms with Gasteiger partial charge < -0.3 is 5.11 Å². The standard InChI is InChI=1S/C10H9BrF2O/c1-2-10(12,13)9(14)7-3-5-8(11)6-4-7/h2-6,9,14H,1H2. The Labute approximate surface area is 89.2 Å². The van der Waals surface area contributed by atoms with Crippen LogP contribution in [0.1, 0.15) is 11.7 Å². The number of hydrogen-bond donors (Lipinski definition) is 1. The van der Waals surface area contributed by atoms with Gasteiger partial charge in [0.1, 0.15) is 6.10 Å². The summed E-state index contributed by atoms with van der Waals surface area (Å²) in [6.07, 6.45) is -1.40. The van der Waals surface area contributed by atoms with Gasteiger partial charge >= 0.3 is 0 Å². The van der Waals surface area contributed by atoms with Crippen LogP contribution in [0.3, 0.4) is 0 Å². The first kappa shape index (κ1) is 11.3. The van der Waals surface area contributed by atoms with Crippen molar-refractivity contribution < 1.29 is 13.9 Å². The van der Waals surface area contributed by atoms with Crippen molar-refractivity contribution in [1.82, 2.24) is 0 Å². The molecule has 0 radical (unpaired) electrons. The largest absolute Gasteiger partial charge is 0.382 e. The van der Waals surface area contributed by atoms with E-state index in [-0.39, 0.29) is 5.56 Å². The second-order valence-electron chi connectivity index (χ2n) is 2.83. The van der Waals surface area contributed by atoms with E-state index in [4.69, 9.17) is 0 Å². The number of halogens is 3. The Morgan fingerprint density at radius 3 is 2.29 bits per heavy atom. The summed E-state index contributed by atoms with van der Waals surface area (Å²) in [5.41, 5.74) is 0.165. The van der Waals surface area contributed by atoms with E-state index in [0.717, 1.165) is 4.47 Å². The highest BCUT2D eigenvalue weighted by molar-refractivity contribution is 9.10. The summed E-state index contributed by atoms with van der Waals surface area (Å²) in [5.74, 6) is -3.30. The predicted molar refractivity (Wildman–Crippen MR) is 54.2 cm³/mol. The summed E-state index contributed by atoms with van der Waals surface area (Å²) in [5, 5.41) is 9.30. The lowest BCUT2D eigenvalue weighted by atomic mass is 10.0.